The monoisotopic (exact) mass is 589 g/mol. The summed E-state index contributed by atoms with van der Waals surface area (Å²) in [6.45, 7) is 3.36. The third-order valence-corrected chi connectivity index (χ3v) is 9.99. The van der Waals surface area contributed by atoms with Crippen LogP contribution in [-0.4, -0.2) is 30.3 Å². The summed E-state index contributed by atoms with van der Waals surface area (Å²) in [6, 6.07) is 14.0. The number of aliphatic hydroxyl groups is 1. The minimum Gasteiger partial charge on any atom is -0.378 e. The van der Waals surface area contributed by atoms with Crippen molar-refractivity contribution in [2.75, 3.05) is 5.32 Å². The van der Waals surface area contributed by atoms with Gasteiger partial charge < -0.3 is 10.4 Å². The third kappa shape index (κ3) is 6.52. The fourth-order valence-electron chi connectivity index (χ4n) is 5.18. The highest BCUT2D eigenvalue weighted by atomic mass is 35.5. The van der Waals surface area contributed by atoms with E-state index in [0.717, 1.165) is 11.6 Å². The van der Waals surface area contributed by atoms with Crippen LogP contribution in [0.5, 0.6) is 0 Å². The van der Waals surface area contributed by atoms with E-state index in [1.807, 2.05) is 37.3 Å². The van der Waals surface area contributed by atoms with Gasteiger partial charge in [-0.25, -0.2) is 21.6 Å². The second kappa shape index (κ2) is 11.7. The maximum absolute atomic E-state index is 13.9. The number of amides is 1. The van der Waals surface area contributed by atoms with Gasteiger partial charge in [0, 0.05) is 28.9 Å². The second-order valence-electron chi connectivity index (χ2n) is 10.3. The zero-order valence-corrected chi connectivity index (χ0v) is 23.3. The molecular formula is C30H27ClF3NO4S. The lowest BCUT2D eigenvalue weighted by Crippen LogP contribution is -2.35. The van der Waals surface area contributed by atoms with Crippen LogP contribution in [0.1, 0.15) is 49.0 Å². The van der Waals surface area contributed by atoms with Gasteiger partial charge in [-0.1, -0.05) is 48.6 Å². The van der Waals surface area contributed by atoms with Crippen molar-refractivity contribution >= 4 is 33.0 Å². The molecule has 1 fully saturated rings. The third-order valence-electron chi connectivity index (χ3n) is 7.03. The predicted octanol–water partition coefficient (Wildman–Crippen LogP) is 6.39. The van der Waals surface area contributed by atoms with Gasteiger partial charge in [-0.05, 0) is 68.4 Å². The van der Waals surface area contributed by atoms with Crippen LogP contribution in [0.4, 0.5) is 18.9 Å². The second-order valence-corrected chi connectivity index (χ2v) is 12.8. The maximum Gasteiger partial charge on any atom is 0.255 e. The van der Waals surface area contributed by atoms with Crippen LogP contribution in [0.25, 0.3) is 0 Å². The highest BCUT2D eigenvalue weighted by molar-refractivity contribution is 7.92. The molecule has 0 radical (unpaired) electrons. The fraction of sp³-hybridized carbons (Fsp3) is 0.300. The number of sulfone groups is 1. The van der Waals surface area contributed by atoms with Crippen LogP contribution in [0.2, 0.25) is 5.02 Å². The molecule has 5 nitrogen and oxygen atoms in total. The van der Waals surface area contributed by atoms with E-state index >= 15 is 0 Å². The Morgan fingerprint density at radius 2 is 1.73 bits per heavy atom. The van der Waals surface area contributed by atoms with Crippen LogP contribution in [0.3, 0.4) is 0 Å². The zero-order valence-electron chi connectivity index (χ0n) is 21.7. The van der Waals surface area contributed by atoms with Gasteiger partial charge in [0.05, 0.1) is 15.2 Å². The topological polar surface area (TPSA) is 83.5 Å². The van der Waals surface area contributed by atoms with Crippen molar-refractivity contribution in [3.05, 3.63) is 94.3 Å². The molecule has 0 aliphatic heterocycles. The van der Waals surface area contributed by atoms with E-state index in [1.165, 1.54) is 12.1 Å². The molecule has 0 spiro atoms. The van der Waals surface area contributed by atoms with Gasteiger partial charge >= 0.3 is 0 Å². The van der Waals surface area contributed by atoms with Crippen LogP contribution in [0.15, 0.2) is 65.6 Å². The van der Waals surface area contributed by atoms with Gasteiger partial charge in [0.2, 0.25) is 0 Å². The Bertz CT molecular complexity index is 1580. The number of anilines is 1. The number of halogens is 4. The van der Waals surface area contributed by atoms with E-state index in [-0.39, 0.29) is 33.5 Å². The lowest BCUT2D eigenvalue weighted by atomic mass is 9.90. The van der Waals surface area contributed by atoms with Gasteiger partial charge in [0.15, 0.2) is 27.3 Å². The highest BCUT2D eigenvalue weighted by Gasteiger charge is 2.45. The summed E-state index contributed by atoms with van der Waals surface area (Å²) >= 11 is 6.31. The number of hydrogen-bond donors (Lipinski definition) is 2. The first-order valence-corrected chi connectivity index (χ1v) is 14.5. The summed E-state index contributed by atoms with van der Waals surface area (Å²) in [5.41, 5.74) is -1.20. The number of carbonyl (C=O) groups is 1. The van der Waals surface area contributed by atoms with Gasteiger partial charge in [0.1, 0.15) is 5.60 Å². The smallest absolute Gasteiger partial charge is 0.255 e. The van der Waals surface area contributed by atoms with Crippen molar-refractivity contribution in [1.82, 2.24) is 0 Å². The summed E-state index contributed by atoms with van der Waals surface area (Å²) < 4.78 is 68.3. The van der Waals surface area contributed by atoms with Gasteiger partial charge in [-0.15, -0.1) is 0 Å². The van der Waals surface area contributed by atoms with Crippen molar-refractivity contribution in [2.45, 2.75) is 48.9 Å². The molecule has 0 saturated heterocycles. The van der Waals surface area contributed by atoms with Gasteiger partial charge in [-0.2, -0.15) is 0 Å². The molecule has 2 unspecified atom stereocenters. The molecule has 40 heavy (non-hydrogen) atoms. The molecule has 2 N–H and O–H groups in total. The molecule has 1 saturated carbocycles. The standard InChI is InChI=1S/C30H27ClF3NO4S/c1-18-8-9-21(17-30(2,37)13-12-19-6-4-3-5-7-19)28(18)40(38,39)26-14-20(10-11-23(26)31)29(36)35-22-15-24(32)27(34)25(33)16-22/h3-7,10-11,14-16,18,21,28,37H,8-9,17H2,1-2H3,(H,35,36)/t18?,21-,28?,30-/m0/s1. The van der Waals surface area contributed by atoms with Crippen LogP contribution in [-0.2, 0) is 9.84 Å². The summed E-state index contributed by atoms with van der Waals surface area (Å²) in [5.74, 6) is -0.421. The van der Waals surface area contributed by atoms with E-state index in [2.05, 4.69) is 17.2 Å². The number of hydrogen-bond acceptors (Lipinski definition) is 4. The van der Waals surface area contributed by atoms with Crippen molar-refractivity contribution < 1.29 is 31.5 Å². The molecule has 210 valence electrons. The molecule has 0 bridgehead atoms. The molecule has 1 aliphatic carbocycles. The molecule has 4 rings (SSSR count). The number of rotatable bonds is 6. The average Bonchev–Trinajstić information content (AvgIpc) is 3.26. The number of nitrogens with one attached hydrogen (secondary N) is 1. The lowest BCUT2D eigenvalue weighted by molar-refractivity contribution is 0.0924. The highest BCUT2D eigenvalue weighted by Crippen LogP contribution is 2.43. The number of carbonyl (C=O) groups excluding carboxylic acids is 1. The van der Waals surface area contributed by atoms with Gasteiger partial charge in [-0.3, -0.25) is 4.79 Å². The molecule has 0 aromatic heterocycles. The van der Waals surface area contributed by atoms with Crippen LogP contribution >= 0.6 is 11.6 Å². The summed E-state index contributed by atoms with van der Waals surface area (Å²) in [5, 5.41) is 12.3. The lowest BCUT2D eigenvalue weighted by Gasteiger charge is -2.28. The Morgan fingerprint density at radius 3 is 2.38 bits per heavy atom. The summed E-state index contributed by atoms with van der Waals surface area (Å²) in [6.07, 6.45) is 1.27. The van der Waals surface area contributed by atoms with Crippen LogP contribution in [0, 0.1) is 41.1 Å². The molecule has 3 aromatic rings. The largest absolute Gasteiger partial charge is 0.378 e. The van der Waals surface area contributed by atoms with Gasteiger partial charge in [0.25, 0.3) is 5.91 Å². The SMILES string of the molecule is CC1CC[C@@H](C[C@@](C)(O)C#Cc2ccccc2)C1S(=O)(=O)c1cc(C(=O)Nc2cc(F)c(F)c(F)c2)ccc1Cl. The van der Waals surface area contributed by atoms with Crippen molar-refractivity contribution in [2.24, 2.45) is 11.8 Å². The molecule has 0 heterocycles. The first-order chi connectivity index (χ1) is 18.8. The average molecular weight is 590 g/mol. The van der Waals surface area contributed by atoms with E-state index in [0.29, 0.717) is 25.0 Å². The van der Waals surface area contributed by atoms with E-state index in [1.54, 1.807) is 6.92 Å². The van der Waals surface area contributed by atoms with Crippen molar-refractivity contribution in [1.29, 1.82) is 0 Å². The fourth-order valence-corrected chi connectivity index (χ4v) is 8.03. The van der Waals surface area contributed by atoms with E-state index in [9.17, 15) is 31.5 Å². The summed E-state index contributed by atoms with van der Waals surface area (Å²) in [4.78, 5) is 12.5. The first kappa shape index (κ1) is 29.7. The Morgan fingerprint density at radius 1 is 1.07 bits per heavy atom. The minimum atomic E-state index is -4.10. The van der Waals surface area contributed by atoms with Crippen molar-refractivity contribution in [3.8, 4) is 11.8 Å². The van der Waals surface area contributed by atoms with Crippen LogP contribution < -0.4 is 5.32 Å². The Balaban J connectivity index is 1.60. The number of benzene rings is 3. The minimum absolute atomic E-state index is 0.0936. The molecule has 10 heteroatoms. The molecular weight excluding hydrogens is 563 g/mol. The molecule has 1 aliphatic rings. The molecule has 3 aromatic carbocycles. The summed E-state index contributed by atoms with van der Waals surface area (Å²) in [7, 11) is -4.10. The van der Waals surface area contributed by atoms with Crippen molar-refractivity contribution in [3.63, 3.8) is 0 Å². The van der Waals surface area contributed by atoms with E-state index < -0.39 is 50.0 Å². The Kier molecular flexibility index (Phi) is 8.64. The molecule has 4 atom stereocenters. The maximum atomic E-state index is 13.9. The first-order valence-electron chi connectivity index (χ1n) is 12.6. The molecule has 1 amide bonds. The Labute approximate surface area is 236 Å². The Hall–Kier alpha value is -3.32. The quantitative estimate of drug-likeness (QED) is 0.258. The normalized spacial score (nSPS) is 20.3. The zero-order chi connectivity index (χ0) is 29.2. The van der Waals surface area contributed by atoms with E-state index in [4.69, 9.17) is 11.6 Å². The predicted molar refractivity (Wildman–Crippen MR) is 147 cm³/mol.